The Hall–Kier alpha value is -1.45. The van der Waals surface area contributed by atoms with Crippen LogP contribution >= 0.6 is 22.6 Å². The van der Waals surface area contributed by atoms with Crippen LogP contribution in [0, 0.1) is 3.57 Å². The van der Waals surface area contributed by atoms with E-state index >= 15 is 0 Å². The van der Waals surface area contributed by atoms with Crippen LogP contribution in [0.4, 0.5) is 5.69 Å². The summed E-state index contributed by atoms with van der Waals surface area (Å²) in [6.07, 6.45) is 0. The molecule has 2 aromatic carbocycles. The van der Waals surface area contributed by atoms with Crippen LogP contribution < -0.4 is 10.0 Å². The van der Waals surface area contributed by atoms with Gasteiger partial charge in [-0.2, -0.15) is 0 Å². The van der Waals surface area contributed by atoms with Crippen molar-refractivity contribution in [3.05, 3.63) is 57.7 Å². The van der Waals surface area contributed by atoms with Crippen LogP contribution in [0.1, 0.15) is 31.1 Å². The number of hydrogen-bond acceptors (Lipinski definition) is 3. The number of halogens is 1. The molecule has 1 amide bonds. The Morgan fingerprint density at radius 2 is 1.50 bits per heavy atom. The Kier molecular flexibility index (Phi) is 5.67. The molecule has 0 aliphatic carbocycles. The molecule has 0 bridgehead atoms. The molecule has 0 saturated carbocycles. The van der Waals surface area contributed by atoms with E-state index in [1.807, 2.05) is 24.3 Å². The number of benzene rings is 2. The van der Waals surface area contributed by atoms with Crippen LogP contribution in [0.3, 0.4) is 0 Å². The van der Waals surface area contributed by atoms with Crippen molar-refractivity contribution in [2.24, 2.45) is 0 Å². The SMILES string of the molecule is CC(C)(C)NS(=O)(=O)c1ccc(C(=O)Nc2ccc(I)cc2)cc1. The molecule has 128 valence electrons. The standard InChI is InChI=1S/C17H19IN2O3S/c1-17(2,3)20-24(22,23)15-10-4-12(5-11-15)16(21)19-14-8-6-13(18)7-9-14/h4-11,20H,1-3H3,(H,19,21). The Morgan fingerprint density at radius 1 is 0.958 bits per heavy atom. The summed E-state index contributed by atoms with van der Waals surface area (Å²) < 4.78 is 28.1. The third-order valence-corrected chi connectivity index (χ3v) is 5.46. The molecule has 0 fully saturated rings. The lowest BCUT2D eigenvalue weighted by molar-refractivity contribution is 0.102. The van der Waals surface area contributed by atoms with Gasteiger partial charge < -0.3 is 5.32 Å². The molecule has 0 saturated heterocycles. The van der Waals surface area contributed by atoms with Gasteiger partial charge in [-0.05, 0) is 91.9 Å². The average molecular weight is 458 g/mol. The minimum absolute atomic E-state index is 0.128. The van der Waals surface area contributed by atoms with Crippen LogP contribution in [0.5, 0.6) is 0 Å². The van der Waals surface area contributed by atoms with E-state index in [9.17, 15) is 13.2 Å². The highest BCUT2D eigenvalue weighted by Crippen LogP contribution is 2.16. The molecule has 2 N–H and O–H groups in total. The summed E-state index contributed by atoms with van der Waals surface area (Å²) in [5.41, 5.74) is 0.509. The van der Waals surface area contributed by atoms with Gasteiger partial charge in [0, 0.05) is 20.4 Å². The van der Waals surface area contributed by atoms with Crippen LogP contribution in [-0.2, 0) is 10.0 Å². The van der Waals surface area contributed by atoms with Gasteiger partial charge in [-0.25, -0.2) is 13.1 Å². The van der Waals surface area contributed by atoms with Gasteiger partial charge in [-0.1, -0.05) is 0 Å². The van der Waals surface area contributed by atoms with Crippen molar-refractivity contribution >= 4 is 44.2 Å². The van der Waals surface area contributed by atoms with Crippen LogP contribution in [0.15, 0.2) is 53.4 Å². The molecule has 0 aromatic heterocycles. The van der Waals surface area contributed by atoms with Gasteiger partial charge in [0.05, 0.1) is 4.90 Å². The first kappa shape index (κ1) is 18.9. The van der Waals surface area contributed by atoms with Crippen molar-refractivity contribution in [1.82, 2.24) is 4.72 Å². The van der Waals surface area contributed by atoms with Gasteiger partial charge in [0.25, 0.3) is 5.91 Å². The minimum Gasteiger partial charge on any atom is -0.322 e. The lowest BCUT2D eigenvalue weighted by Crippen LogP contribution is -2.40. The van der Waals surface area contributed by atoms with Crippen LogP contribution in [-0.4, -0.2) is 19.9 Å². The van der Waals surface area contributed by atoms with E-state index in [-0.39, 0.29) is 10.8 Å². The van der Waals surface area contributed by atoms with Crippen molar-refractivity contribution in [2.45, 2.75) is 31.2 Å². The quantitative estimate of drug-likeness (QED) is 0.688. The molecule has 0 unspecified atom stereocenters. The van der Waals surface area contributed by atoms with Crippen molar-refractivity contribution < 1.29 is 13.2 Å². The molecule has 5 nitrogen and oxygen atoms in total. The van der Waals surface area contributed by atoms with E-state index in [4.69, 9.17) is 0 Å². The molecule has 7 heteroatoms. The fourth-order valence-corrected chi connectivity index (χ4v) is 3.76. The predicted octanol–water partition coefficient (Wildman–Crippen LogP) is 3.62. The van der Waals surface area contributed by atoms with Gasteiger partial charge in [-0.3, -0.25) is 4.79 Å². The number of rotatable bonds is 4. The van der Waals surface area contributed by atoms with Gasteiger partial charge in [0.2, 0.25) is 10.0 Å². The predicted molar refractivity (Wildman–Crippen MR) is 104 cm³/mol. The van der Waals surface area contributed by atoms with Crippen LogP contribution in [0.2, 0.25) is 0 Å². The normalized spacial score (nSPS) is 12.0. The highest BCUT2D eigenvalue weighted by atomic mass is 127. The zero-order valence-corrected chi connectivity index (χ0v) is 16.6. The summed E-state index contributed by atoms with van der Waals surface area (Å²) in [4.78, 5) is 12.3. The number of hydrogen-bond donors (Lipinski definition) is 2. The van der Waals surface area contributed by atoms with Gasteiger partial charge in [0.1, 0.15) is 0 Å². The highest BCUT2D eigenvalue weighted by molar-refractivity contribution is 14.1. The fourth-order valence-electron chi connectivity index (χ4n) is 1.98. The number of carbonyl (C=O) groups is 1. The molecule has 0 spiro atoms. The second kappa shape index (κ2) is 7.20. The van der Waals surface area contributed by atoms with Crippen molar-refractivity contribution in [3.63, 3.8) is 0 Å². The van der Waals surface area contributed by atoms with E-state index in [0.717, 1.165) is 3.57 Å². The largest absolute Gasteiger partial charge is 0.322 e. The first-order chi connectivity index (χ1) is 11.1. The third kappa shape index (κ3) is 5.29. The summed E-state index contributed by atoms with van der Waals surface area (Å²) in [6.45, 7) is 5.31. The molecular formula is C17H19IN2O3S. The Labute approximate surface area is 156 Å². The molecule has 24 heavy (non-hydrogen) atoms. The smallest absolute Gasteiger partial charge is 0.255 e. The summed E-state index contributed by atoms with van der Waals surface area (Å²) >= 11 is 2.19. The number of carbonyl (C=O) groups excluding carboxylic acids is 1. The van der Waals surface area contributed by atoms with E-state index < -0.39 is 15.6 Å². The van der Waals surface area contributed by atoms with E-state index in [0.29, 0.717) is 11.3 Å². The third-order valence-electron chi connectivity index (χ3n) is 2.97. The monoisotopic (exact) mass is 458 g/mol. The molecule has 0 atom stereocenters. The lowest BCUT2D eigenvalue weighted by Gasteiger charge is -2.20. The highest BCUT2D eigenvalue weighted by Gasteiger charge is 2.22. The van der Waals surface area contributed by atoms with Crippen molar-refractivity contribution in [1.29, 1.82) is 0 Å². The number of amides is 1. The van der Waals surface area contributed by atoms with Gasteiger partial charge in [-0.15, -0.1) is 0 Å². The van der Waals surface area contributed by atoms with E-state index in [1.54, 1.807) is 20.8 Å². The maximum atomic E-state index is 12.2. The van der Waals surface area contributed by atoms with E-state index in [1.165, 1.54) is 24.3 Å². The van der Waals surface area contributed by atoms with Crippen molar-refractivity contribution in [3.8, 4) is 0 Å². The summed E-state index contributed by atoms with van der Waals surface area (Å²) in [6, 6.07) is 13.3. The van der Waals surface area contributed by atoms with Gasteiger partial charge in [0.15, 0.2) is 0 Å². The first-order valence-corrected chi connectivity index (χ1v) is 9.84. The zero-order valence-electron chi connectivity index (χ0n) is 13.6. The van der Waals surface area contributed by atoms with Crippen LogP contribution in [0.25, 0.3) is 0 Å². The molecule has 0 heterocycles. The minimum atomic E-state index is -3.61. The molecule has 2 rings (SSSR count). The number of sulfonamides is 1. The number of nitrogens with one attached hydrogen (secondary N) is 2. The Balaban J connectivity index is 2.14. The molecular weight excluding hydrogens is 439 g/mol. The van der Waals surface area contributed by atoms with E-state index in [2.05, 4.69) is 32.6 Å². The average Bonchev–Trinajstić information content (AvgIpc) is 2.47. The van der Waals surface area contributed by atoms with Gasteiger partial charge >= 0.3 is 0 Å². The maximum Gasteiger partial charge on any atom is 0.255 e. The molecule has 2 aromatic rings. The first-order valence-electron chi connectivity index (χ1n) is 7.28. The second-order valence-electron chi connectivity index (χ2n) is 6.34. The molecule has 0 aliphatic heterocycles. The summed E-state index contributed by atoms with van der Waals surface area (Å²) in [7, 11) is -3.61. The fraction of sp³-hybridized carbons (Fsp3) is 0.235. The van der Waals surface area contributed by atoms with Crippen molar-refractivity contribution in [2.75, 3.05) is 5.32 Å². The Bertz CT molecular complexity index is 824. The molecule has 0 radical (unpaired) electrons. The Morgan fingerprint density at radius 3 is 2.00 bits per heavy atom. The summed E-state index contributed by atoms with van der Waals surface area (Å²) in [5, 5.41) is 2.77. The maximum absolute atomic E-state index is 12.2. The lowest BCUT2D eigenvalue weighted by atomic mass is 10.1. The summed E-state index contributed by atoms with van der Waals surface area (Å²) in [5.74, 6) is -0.288. The molecule has 0 aliphatic rings. The number of anilines is 1. The second-order valence-corrected chi connectivity index (χ2v) is 9.27. The topological polar surface area (TPSA) is 75.3 Å². The zero-order chi connectivity index (χ0) is 18.0.